The third-order valence-electron chi connectivity index (χ3n) is 2.25. The van der Waals surface area contributed by atoms with Crippen LogP contribution in [0.1, 0.15) is 19.5 Å². The summed E-state index contributed by atoms with van der Waals surface area (Å²) < 4.78 is 1.78. The van der Waals surface area contributed by atoms with Crippen molar-refractivity contribution in [1.82, 2.24) is 9.61 Å². The Bertz CT molecular complexity index is 502. The van der Waals surface area contributed by atoms with Crippen LogP contribution in [0.4, 0.5) is 5.69 Å². The highest BCUT2D eigenvalue weighted by Crippen LogP contribution is 2.21. The molecule has 0 unspecified atom stereocenters. The zero-order valence-corrected chi connectivity index (χ0v) is 8.82. The number of aryl methyl sites for hydroxylation is 1. The van der Waals surface area contributed by atoms with E-state index in [2.05, 4.69) is 10.4 Å². The van der Waals surface area contributed by atoms with Crippen LogP contribution in [0.25, 0.3) is 5.52 Å². The zero-order chi connectivity index (χ0) is 10.8. The maximum absolute atomic E-state index is 11.1. The molecule has 78 valence electrons. The molecule has 0 aliphatic rings. The molecule has 0 aliphatic carbocycles. The van der Waals surface area contributed by atoms with Gasteiger partial charge in [-0.05, 0) is 18.6 Å². The molecule has 0 atom stereocenters. The third-order valence-corrected chi connectivity index (χ3v) is 2.25. The van der Waals surface area contributed by atoms with Crippen molar-refractivity contribution in [3.63, 3.8) is 0 Å². The Morgan fingerprint density at radius 1 is 1.53 bits per heavy atom. The molecule has 15 heavy (non-hydrogen) atoms. The van der Waals surface area contributed by atoms with E-state index in [0.29, 0.717) is 0 Å². The van der Waals surface area contributed by atoms with Crippen molar-refractivity contribution in [3.05, 3.63) is 30.1 Å². The van der Waals surface area contributed by atoms with E-state index >= 15 is 0 Å². The second kappa shape index (κ2) is 3.73. The van der Waals surface area contributed by atoms with Gasteiger partial charge in [-0.2, -0.15) is 5.10 Å². The molecule has 0 aliphatic heterocycles. The lowest BCUT2D eigenvalue weighted by Crippen LogP contribution is -2.07. The molecule has 1 N–H and O–H groups in total. The molecule has 4 nitrogen and oxygen atoms in total. The van der Waals surface area contributed by atoms with E-state index in [1.54, 1.807) is 4.52 Å². The Balaban J connectivity index is 2.61. The highest BCUT2D eigenvalue weighted by molar-refractivity contribution is 5.94. The minimum atomic E-state index is -0.0662. The van der Waals surface area contributed by atoms with Crippen LogP contribution in [-0.2, 0) is 11.2 Å². The summed E-state index contributed by atoms with van der Waals surface area (Å²) in [5.41, 5.74) is 2.67. The maximum atomic E-state index is 11.1. The van der Waals surface area contributed by atoms with E-state index < -0.39 is 0 Å². The highest BCUT2D eigenvalue weighted by atomic mass is 16.1. The Kier molecular flexibility index (Phi) is 2.41. The smallest absolute Gasteiger partial charge is 0.221 e. The van der Waals surface area contributed by atoms with Crippen molar-refractivity contribution in [3.8, 4) is 0 Å². The number of anilines is 1. The summed E-state index contributed by atoms with van der Waals surface area (Å²) >= 11 is 0. The minimum Gasteiger partial charge on any atom is -0.323 e. The summed E-state index contributed by atoms with van der Waals surface area (Å²) in [6.07, 6.45) is 2.68. The van der Waals surface area contributed by atoms with E-state index in [0.717, 1.165) is 23.3 Å². The van der Waals surface area contributed by atoms with Gasteiger partial charge in [0.1, 0.15) is 0 Å². The number of aromatic nitrogens is 2. The zero-order valence-electron chi connectivity index (χ0n) is 8.82. The monoisotopic (exact) mass is 203 g/mol. The molecule has 0 radical (unpaired) electrons. The Morgan fingerprint density at radius 2 is 2.33 bits per heavy atom. The lowest BCUT2D eigenvalue weighted by Gasteiger charge is -2.00. The fourth-order valence-corrected chi connectivity index (χ4v) is 1.61. The van der Waals surface area contributed by atoms with Gasteiger partial charge in [0.15, 0.2) is 0 Å². The van der Waals surface area contributed by atoms with Crippen LogP contribution >= 0.6 is 0 Å². The number of nitrogens with zero attached hydrogens (tertiary/aromatic N) is 2. The number of rotatable bonds is 2. The third kappa shape index (κ3) is 1.70. The number of carbonyl (C=O) groups excluding carboxylic acids is 1. The van der Waals surface area contributed by atoms with Crippen molar-refractivity contribution in [2.24, 2.45) is 0 Å². The summed E-state index contributed by atoms with van der Waals surface area (Å²) in [5, 5.41) is 7.21. The highest BCUT2D eigenvalue weighted by Gasteiger charge is 2.11. The molecule has 1 amide bonds. The number of pyridine rings is 1. The Morgan fingerprint density at radius 3 is 3.00 bits per heavy atom. The van der Waals surface area contributed by atoms with Crippen molar-refractivity contribution < 1.29 is 4.79 Å². The number of hydrogen-bond acceptors (Lipinski definition) is 2. The molecule has 4 heteroatoms. The largest absolute Gasteiger partial charge is 0.323 e. The predicted molar refractivity (Wildman–Crippen MR) is 58.9 cm³/mol. The summed E-state index contributed by atoms with van der Waals surface area (Å²) in [6.45, 7) is 3.53. The SMILES string of the molecule is CCc1nn2ccccc2c1NC(C)=O. The first-order chi connectivity index (χ1) is 7.22. The maximum Gasteiger partial charge on any atom is 0.221 e. The summed E-state index contributed by atoms with van der Waals surface area (Å²) in [4.78, 5) is 11.1. The molecule has 2 heterocycles. The quantitative estimate of drug-likeness (QED) is 0.809. The van der Waals surface area contributed by atoms with Crippen LogP contribution in [0.2, 0.25) is 0 Å². The standard InChI is InChI=1S/C11H13N3O/c1-3-9-11(12-8(2)15)10-6-4-5-7-14(10)13-9/h4-7H,3H2,1-2H3,(H,12,15). The number of carbonyl (C=O) groups is 1. The van der Waals surface area contributed by atoms with Crippen molar-refractivity contribution in [2.75, 3.05) is 5.32 Å². The predicted octanol–water partition coefficient (Wildman–Crippen LogP) is 1.86. The van der Waals surface area contributed by atoms with Gasteiger partial charge >= 0.3 is 0 Å². The fourth-order valence-electron chi connectivity index (χ4n) is 1.61. The Hall–Kier alpha value is -1.84. The van der Waals surface area contributed by atoms with Gasteiger partial charge in [-0.1, -0.05) is 13.0 Å². The summed E-state index contributed by atoms with van der Waals surface area (Å²) in [5.74, 6) is -0.0662. The molecule has 2 rings (SSSR count). The van der Waals surface area contributed by atoms with Crippen molar-refractivity contribution >= 4 is 17.1 Å². The fraction of sp³-hybridized carbons (Fsp3) is 0.273. The normalized spacial score (nSPS) is 10.5. The minimum absolute atomic E-state index is 0.0662. The van der Waals surface area contributed by atoms with E-state index in [1.165, 1.54) is 6.92 Å². The van der Waals surface area contributed by atoms with E-state index in [-0.39, 0.29) is 5.91 Å². The first-order valence-corrected chi connectivity index (χ1v) is 4.96. The second-order valence-electron chi connectivity index (χ2n) is 3.39. The number of amides is 1. The molecule has 0 saturated heterocycles. The van der Waals surface area contributed by atoms with Crippen LogP contribution in [0.15, 0.2) is 24.4 Å². The van der Waals surface area contributed by atoms with Crippen LogP contribution in [0, 0.1) is 0 Å². The van der Waals surface area contributed by atoms with Gasteiger partial charge in [-0.15, -0.1) is 0 Å². The topological polar surface area (TPSA) is 46.4 Å². The van der Waals surface area contributed by atoms with Gasteiger partial charge < -0.3 is 5.32 Å². The van der Waals surface area contributed by atoms with E-state index in [9.17, 15) is 4.79 Å². The first-order valence-electron chi connectivity index (χ1n) is 4.96. The molecular formula is C11H13N3O. The van der Waals surface area contributed by atoms with Crippen LogP contribution in [-0.4, -0.2) is 15.5 Å². The van der Waals surface area contributed by atoms with E-state index in [4.69, 9.17) is 0 Å². The van der Waals surface area contributed by atoms with Gasteiger partial charge in [0.05, 0.1) is 16.9 Å². The Labute approximate surface area is 87.9 Å². The molecule has 2 aromatic rings. The molecular weight excluding hydrogens is 190 g/mol. The lowest BCUT2D eigenvalue weighted by molar-refractivity contribution is -0.114. The van der Waals surface area contributed by atoms with Gasteiger partial charge in [0.2, 0.25) is 5.91 Å². The molecule has 0 fully saturated rings. The molecule has 0 spiro atoms. The molecule has 0 aromatic carbocycles. The number of nitrogens with one attached hydrogen (secondary N) is 1. The van der Waals surface area contributed by atoms with Gasteiger partial charge in [0.25, 0.3) is 0 Å². The van der Waals surface area contributed by atoms with Gasteiger partial charge in [-0.25, -0.2) is 4.52 Å². The number of fused-ring (bicyclic) bond motifs is 1. The molecule has 2 aromatic heterocycles. The summed E-state index contributed by atoms with van der Waals surface area (Å²) in [6, 6.07) is 5.79. The second-order valence-corrected chi connectivity index (χ2v) is 3.39. The van der Waals surface area contributed by atoms with Gasteiger partial charge in [-0.3, -0.25) is 4.79 Å². The van der Waals surface area contributed by atoms with Gasteiger partial charge in [0, 0.05) is 13.1 Å². The van der Waals surface area contributed by atoms with Crippen molar-refractivity contribution in [2.45, 2.75) is 20.3 Å². The molecule has 0 bridgehead atoms. The average Bonchev–Trinajstić information content (AvgIpc) is 2.56. The van der Waals surface area contributed by atoms with Crippen LogP contribution in [0.5, 0.6) is 0 Å². The van der Waals surface area contributed by atoms with E-state index in [1.807, 2.05) is 31.3 Å². The number of hydrogen-bond donors (Lipinski definition) is 1. The van der Waals surface area contributed by atoms with Crippen molar-refractivity contribution in [1.29, 1.82) is 0 Å². The van der Waals surface area contributed by atoms with Crippen LogP contribution in [0.3, 0.4) is 0 Å². The summed E-state index contributed by atoms with van der Waals surface area (Å²) in [7, 11) is 0. The van der Waals surface area contributed by atoms with Crippen LogP contribution < -0.4 is 5.32 Å². The molecule has 0 saturated carbocycles. The first kappa shape index (κ1) is 9.71. The lowest BCUT2D eigenvalue weighted by atomic mass is 10.2. The average molecular weight is 203 g/mol.